The van der Waals surface area contributed by atoms with E-state index in [4.69, 9.17) is 20.2 Å². The Kier molecular flexibility index (Phi) is 4.22. The number of amides is 1. The lowest BCUT2D eigenvalue weighted by Gasteiger charge is -2.43. The lowest BCUT2D eigenvalue weighted by atomic mass is 9.86. The second-order valence-corrected chi connectivity index (χ2v) is 10.5. The number of carbonyl (C=O) groups excluding carboxylic acids is 1. The molecule has 7 nitrogen and oxygen atoms in total. The summed E-state index contributed by atoms with van der Waals surface area (Å²) in [5, 5.41) is 4.54. The van der Waals surface area contributed by atoms with Crippen molar-refractivity contribution in [3.8, 4) is 5.75 Å². The van der Waals surface area contributed by atoms with Crippen LogP contribution in [0.2, 0.25) is 0 Å². The van der Waals surface area contributed by atoms with Crippen LogP contribution in [0.3, 0.4) is 0 Å². The number of piperidine rings is 1. The van der Waals surface area contributed by atoms with E-state index in [0.29, 0.717) is 13.1 Å². The van der Waals surface area contributed by atoms with Crippen molar-refractivity contribution in [2.45, 2.75) is 57.7 Å². The average Bonchev–Trinajstić information content (AvgIpc) is 3.05. The smallest absolute Gasteiger partial charge is 0.410 e. The first kappa shape index (κ1) is 18.9. The molecule has 1 aromatic carbocycles. The number of fused-ring (bicyclic) bond motifs is 3. The van der Waals surface area contributed by atoms with Gasteiger partial charge in [0.15, 0.2) is 5.13 Å². The van der Waals surface area contributed by atoms with E-state index in [2.05, 4.69) is 11.4 Å². The standard InChI is InChI=1S/C21H28N4O3S/c1-20(2,3)28-19(26)25-10-13(22)17(21(11-25)7-8-21)24-18-23-16-12-6-9-27-14(12)4-5-15(16)29-18/h4-5,13,17H,6-11,22H2,1-3H3,(H,23,24)/t13-,17+/m1/s1. The van der Waals surface area contributed by atoms with E-state index in [9.17, 15) is 4.79 Å². The van der Waals surface area contributed by atoms with Crippen LogP contribution in [0.5, 0.6) is 5.75 Å². The molecule has 1 aliphatic carbocycles. The molecule has 0 radical (unpaired) electrons. The minimum absolute atomic E-state index is 0.0114. The van der Waals surface area contributed by atoms with Gasteiger partial charge in [-0.2, -0.15) is 0 Å². The summed E-state index contributed by atoms with van der Waals surface area (Å²) in [6.07, 6.45) is 2.76. The first-order valence-electron chi connectivity index (χ1n) is 10.3. The number of hydrogen-bond acceptors (Lipinski definition) is 7. The van der Waals surface area contributed by atoms with Crippen molar-refractivity contribution in [1.29, 1.82) is 0 Å². The molecule has 3 heterocycles. The molecular weight excluding hydrogens is 388 g/mol. The molecule has 2 aliphatic heterocycles. The maximum absolute atomic E-state index is 12.6. The van der Waals surface area contributed by atoms with E-state index in [1.165, 1.54) is 10.3 Å². The Bertz CT molecular complexity index is 963. The first-order valence-corrected chi connectivity index (χ1v) is 11.1. The highest BCUT2D eigenvalue weighted by molar-refractivity contribution is 7.22. The van der Waals surface area contributed by atoms with Gasteiger partial charge in [0, 0.05) is 36.5 Å². The van der Waals surface area contributed by atoms with Crippen molar-refractivity contribution in [1.82, 2.24) is 9.88 Å². The summed E-state index contributed by atoms with van der Waals surface area (Å²) in [7, 11) is 0. The van der Waals surface area contributed by atoms with Crippen molar-refractivity contribution < 1.29 is 14.3 Å². The third-order valence-electron chi connectivity index (χ3n) is 6.08. The van der Waals surface area contributed by atoms with E-state index >= 15 is 0 Å². The first-order chi connectivity index (χ1) is 13.7. The van der Waals surface area contributed by atoms with Crippen LogP contribution in [0.4, 0.5) is 9.93 Å². The minimum atomic E-state index is -0.502. The van der Waals surface area contributed by atoms with Crippen LogP contribution >= 0.6 is 11.3 Å². The highest BCUT2D eigenvalue weighted by atomic mass is 32.1. The number of ether oxygens (including phenoxy) is 2. The zero-order valence-corrected chi connectivity index (χ0v) is 18.0. The third kappa shape index (κ3) is 3.42. The second-order valence-electron chi connectivity index (χ2n) is 9.52. The number of nitrogens with zero attached hydrogens (tertiary/aromatic N) is 2. The topological polar surface area (TPSA) is 89.7 Å². The highest BCUT2D eigenvalue weighted by Crippen LogP contribution is 2.53. The van der Waals surface area contributed by atoms with Crippen molar-refractivity contribution in [2.75, 3.05) is 25.0 Å². The molecule has 2 fully saturated rings. The van der Waals surface area contributed by atoms with Gasteiger partial charge in [-0.15, -0.1) is 0 Å². The maximum Gasteiger partial charge on any atom is 0.410 e. The number of thiazole rings is 1. The fraction of sp³-hybridized carbons (Fsp3) is 0.619. The molecule has 8 heteroatoms. The largest absolute Gasteiger partial charge is 0.493 e. The van der Waals surface area contributed by atoms with Gasteiger partial charge in [0.1, 0.15) is 11.4 Å². The Morgan fingerprint density at radius 1 is 1.41 bits per heavy atom. The quantitative estimate of drug-likeness (QED) is 0.780. The number of nitrogens with one attached hydrogen (secondary N) is 1. The molecule has 156 valence electrons. The van der Waals surface area contributed by atoms with Crippen LogP contribution in [0.1, 0.15) is 39.2 Å². The molecule has 29 heavy (non-hydrogen) atoms. The third-order valence-corrected chi connectivity index (χ3v) is 7.03. The van der Waals surface area contributed by atoms with Crippen LogP contribution in [0, 0.1) is 5.41 Å². The molecule has 2 aromatic rings. The van der Waals surface area contributed by atoms with Gasteiger partial charge in [0.05, 0.1) is 22.9 Å². The Hall–Kier alpha value is -2.06. The van der Waals surface area contributed by atoms with Gasteiger partial charge in [-0.1, -0.05) is 11.3 Å². The molecular formula is C21H28N4O3S. The molecule has 1 saturated carbocycles. The Labute approximate surface area is 174 Å². The zero-order chi connectivity index (χ0) is 20.4. The average molecular weight is 417 g/mol. The van der Waals surface area contributed by atoms with Gasteiger partial charge in [0.2, 0.25) is 0 Å². The zero-order valence-electron chi connectivity index (χ0n) is 17.2. The molecule has 2 atom stereocenters. The highest BCUT2D eigenvalue weighted by Gasteiger charge is 2.56. The van der Waals surface area contributed by atoms with Gasteiger partial charge in [-0.05, 0) is 45.7 Å². The fourth-order valence-electron chi connectivity index (χ4n) is 4.58. The summed E-state index contributed by atoms with van der Waals surface area (Å²) < 4.78 is 12.4. The maximum atomic E-state index is 12.6. The Morgan fingerprint density at radius 2 is 2.21 bits per heavy atom. The number of carbonyl (C=O) groups is 1. The van der Waals surface area contributed by atoms with Crippen LogP contribution in [-0.2, 0) is 11.2 Å². The van der Waals surface area contributed by atoms with E-state index in [1.807, 2.05) is 26.8 Å². The van der Waals surface area contributed by atoms with Gasteiger partial charge >= 0.3 is 6.09 Å². The van der Waals surface area contributed by atoms with Crippen LogP contribution in [-0.4, -0.2) is 53.4 Å². The second kappa shape index (κ2) is 6.47. The normalized spacial score (nSPS) is 25.0. The predicted octanol–water partition coefficient (Wildman–Crippen LogP) is 3.37. The number of rotatable bonds is 2. The van der Waals surface area contributed by atoms with Gasteiger partial charge in [0.25, 0.3) is 0 Å². The van der Waals surface area contributed by atoms with Crippen molar-refractivity contribution in [3.05, 3.63) is 17.7 Å². The number of hydrogen-bond donors (Lipinski definition) is 2. The van der Waals surface area contributed by atoms with Gasteiger partial charge in [-0.3, -0.25) is 0 Å². The summed E-state index contributed by atoms with van der Waals surface area (Å²) in [6, 6.07) is 4.06. The number of anilines is 1. The number of likely N-dealkylation sites (tertiary alicyclic amines) is 1. The summed E-state index contributed by atoms with van der Waals surface area (Å²) >= 11 is 1.66. The van der Waals surface area contributed by atoms with Crippen LogP contribution in [0.15, 0.2) is 12.1 Å². The van der Waals surface area contributed by atoms with Crippen molar-refractivity contribution in [2.24, 2.45) is 11.1 Å². The monoisotopic (exact) mass is 416 g/mol. The molecule has 0 bridgehead atoms. The van der Waals surface area contributed by atoms with E-state index in [1.54, 1.807) is 16.2 Å². The van der Waals surface area contributed by atoms with Gasteiger partial charge in [-0.25, -0.2) is 9.78 Å². The molecule has 1 aromatic heterocycles. The van der Waals surface area contributed by atoms with Crippen LogP contribution in [0.25, 0.3) is 10.2 Å². The van der Waals surface area contributed by atoms with Crippen molar-refractivity contribution in [3.63, 3.8) is 0 Å². The molecule has 1 amide bonds. The molecule has 5 rings (SSSR count). The number of nitrogens with two attached hydrogens (primary N) is 1. The van der Waals surface area contributed by atoms with E-state index < -0.39 is 5.60 Å². The number of benzene rings is 1. The van der Waals surface area contributed by atoms with Crippen LogP contribution < -0.4 is 15.8 Å². The molecule has 3 aliphatic rings. The fourth-order valence-corrected chi connectivity index (χ4v) is 5.51. The van der Waals surface area contributed by atoms with E-state index in [0.717, 1.165) is 42.3 Å². The van der Waals surface area contributed by atoms with E-state index in [-0.39, 0.29) is 23.6 Å². The summed E-state index contributed by atoms with van der Waals surface area (Å²) in [5.74, 6) is 0.954. The summed E-state index contributed by atoms with van der Waals surface area (Å²) in [4.78, 5) is 19.2. The molecule has 3 N–H and O–H groups in total. The number of aromatic nitrogens is 1. The Balaban J connectivity index is 1.35. The van der Waals surface area contributed by atoms with Crippen molar-refractivity contribution >= 4 is 32.8 Å². The SMILES string of the molecule is CC(C)(C)OC(=O)N1C[C@@H](N)[C@H](Nc2nc3c4c(ccc3s2)OCC4)C2(CC2)C1. The lowest BCUT2D eigenvalue weighted by Crippen LogP contribution is -2.61. The lowest BCUT2D eigenvalue weighted by molar-refractivity contribution is 0.0108. The summed E-state index contributed by atoms with van der Waals surface area (Å²) in [6.45, 7) is 7.57. The predicted molar refractivity (Wildman–Crippen MR) is 114 cm³/mol. The summed E-state index contributed by atoms with van der Waals surface area (Å²) in [5.41, 5.74) is 8.32. The molecule has 1 saturated heterocycles. The Morgan fingerprint density at radius 3 is 2.93 bits per heavy atom. The van der Waals surface area contributed by atoms with Gasteiger partial charge < -0.3 is 25.4 Å². The minimum Gasteiger partial charge on any atom is -0.493 e. The molecule has 0 unspecified atom stereocenters. The molecule has 1 spiro atoms.